The van der Waals surface area contributed by atoms with Crippen LogP contribution in [0.15, 0.2) is 224 Å². The van der Waals surface area contributed by atoms with Crippen LogP contribution in [0.2, 0.25) is 0 Å². The van der Waals surface area contributed by atoms with Crippen molar-refractivity contribution in [2.45, 2.75) is 55.4 Å². The first-order valence-electron chi connectivity index (χ1n) is 28.9. The van der Waals surface area contributed by atoms with E-state index in [4.69, 9.17) is 9.97 Å². The lowest BCUT2D eigenvalue weighted by Crippen LogP contribution is -2.08. The second-order valence-corrected chi connectivity index (χ2v) is 23.1. The monoisotopic (exact) mass is 1080 g/mol. The third-order valence-corrected chi connectivity index (χ3v) is 17.1. The maximum absolute atomic E-state index is 11.5. The summed E-state index contributed by atoms with van der Waals surface area (Å²) in [7, 11) is 0. The van der Waals surface area contributed by atoms with Gasteiger partial charge in [-0.3, -0.25) is 0 Å². The Bertz CT molecular complexity index is 4530. The molecule has 0 N–H and O–H groups in total. The Hall–Kier alpha value is -10.4. The van der Waals surface area contributed by atoms with Crippen molar-refractivity contribution in [3.63, 3.8) is 0 Å². The highest BCUT2D eigenvalue weighted by molar-refractivity contribution is 6.14. The molecular formula is C79H61N5. The van der Waals surface area contributed by atoms with Crippen molar-refractivity contribution in [1.82, 2.24) is 19.1 Å². The van der Waals surface area contributed by atoms with Crippen molar-refractivity contribution < 1.29 is 0 Å². The summed E-state index contributed by atoms with van der Waals surface area (Å²) >= 11 is 0. The zero-order chi connectivity index (χ0) is 57.5. The molecule has 0 atom stereocenters. The molecule has 5 nitrogen and oxygen atoms in total. The SMILES string of the molecule is Cc1ccc(-c2ccc3c(c2)c2cc(-c4ccc(C)cc4C)ccc2n3-c2cc(C#N)cc(-n3c4ccc(-c5ccc(C)cc5C)cc4c4cc(-c5ccc(C)cc5C)ccc43)c2-c2nc(-c3ccccc3)cc(-c3ccccc3)n2)c(C)c1. The zero-order valence-corrected chi connectivity index (χ0v) is 48.6. The van der Waals surface area contributed by atoms with Crippen molar-refractivity contribution in [2.24, 2.45) is 0 Å². The molecular weight excluding hydrogens is 1020 g/mol. The molecule has 14 rings (SSSR count). The Morgan fingerprint density at radius 2 is 0.619 bits per heavy atom. The largest absolute Gasteiger partial charge is 0.308 e. The van der Waals surface area contributed by atoms with Gasteiger partial charge in [0.15, 0.2) is 5.82 Å². The summed E-state index contributed by atoms with van der Waals surface area (Å²) in [6.07, 6.45) is 0. The van der Waals surface area contributed by atoms with Crippen LogP contribution in [0.1, 0.15) is 50.1 Å². The number of aryl methyl sites for hydroxylation is 8. The first-order chi connectivity index (χ1) is 40.8. The van der Waals surface area contributed by atoms with E-state index >= 15 is 0 Å². The van der Waals surface area contributed by atoms with E-state index in [-0.39, 0.29) is 0 Å². The molecule has 0 aliphatic rings. The Morgan fingerprint density at radius 3 is 0.905 bits per heavy atom. The molecule has 402 valence electrons. The fourth-order valence-electron chi connectivity index (χ4n) is 13.1. The van der Waals surface area contributed by atoms with E-state index < -0.39 is 0 Å². The number of hydrogen-bond acceptors (Lipinski definition) is 3. The van der Waals surface area contributed by atoms with Crippen molar-refractivity contribution >= 4 is 43.6 Å². The maximum atomic E-state index is 11.5. The highest BCUT2D eigenvalue weighted by Crippen LogP contribution is 2.46. The molecule has 3 aromatic heterocycles. The molecule has 3 heterocycles. The van der Waals surface area contributed by atoms with Crippen molar-refractivity contribution in [2.75, 3.05) is 0 Å². The average molecular weight is 1080 g/mol. The Kier molecular flexibility index (Phi) is 12.6. The van der Waals surface area contributed by atoms with Gasteiger partial charge < -0.3 is 9.13 Å². The summed E-state index contributed by atoms with van der Waals surface area (Å²) in [5.41, 5.74) is 29.5. The molecule has 0 unspecified atom stereocenters. The van der Waals surface area contributed by atoms with E-state index in [0.717, 1.165) is 105 Å². The van der Waals surface area contributed by atoms with Gasteiger partial charge >= 0.3 is 0 Å². The standard InChI is InChI=1S/C79H61N5/c1-47-19-27-62(51(5)35-47)58-23-31-72-66(41-58)67-42-59(63-28-20-48(2)36-52(63)6)24-32-73(67)83(72)76-39-55(46-80)40-77(78(76)79-81-70(56-15-11-9-12-16-56)45-71(82-79)57-17-13-10-14-18-57)84-74-33-25-60(64-29-21-49(3)37-53(64)7)43-68(74)69-44-61(26-34-75(69)84)65-30-22-50(4)38-54(65)8/h9-45H,1-8H3. The van der Waals surface area contributed by atoms with E-state index in [1.165, 1.54) is 66.8 Å². The van der Waals surface area contributed by atoms with Crippen LogP contribution in [0.25, 0.3) is 133 Å². The Balaban J connectivity index is 1.14. The average Bonchev–Trinajstić information content (AvgIpc) is 1.71. The van der Waals surface area contributed by atoms with Gasteiger partial charge in [-0.15, -0.1) is 0 Å². The minimum atomic E-state index is 0.508. The molecule has 14 aromatic rings. The quantitative estimate of drug-likeness (QED) is 0.145. The van der Waals surface area contributed by atoms with E-state index in [2.05, 4.69) is 283 Å². The van der Waals surface area contributed by atoms with Crippen LogP contribution in [0, 0.1) is 66.7 Å². The van der Waals surface area contributed by atoms with Crippen LogP contribution < -0.4 is 0 Å². The highest BCUT2D eigenvalue weighted by atomic mass is 15.0. The normalized spacial score (nSPS) is 11.6. The van der Waals surface area contributed by atoms with E-state index in [1.54, 1.807) is 0 Å². The Labute approximate surface area is 491 Å². The van der Waals surface area contributed by atoms with Crippen LogP contribution >= 0.6 is 0 Å². The molecule has 0 saturated carbocycles. The zero-order valence-electron chi connectivity index (χ0n) is 48.6. The van der Waals surface area contributed by atoms with Crippen LogP contribution in [0.4, 0.5) is 0 Å². The summed E-state index contributed by atoms with van der Waals surface area (Å²) < 4.78 is 4.74. The molecule has 0 bridgehead atoms. The lowest BCUT2D eigenvalue weighted by Gasteiger charge is -2.21. The minimum Gasteiger partial charge on any atom is -0.308 e. The predicted molar refractivity (Wildman–Crippen MR) is 351 cm³/mol. The summed E-state index contributed by atoms with van der Waals surface area (Å²) in [6, 6.07) is 84.0. The smallest absolute Gasteiger partial charge is 0.164 e. The third-order valence-electron chi connectivity index (χ3n) is 17.1. The third kappa shape index (κ3) is 8.95. The molecule has 0 radical (unpaired) electrons. The van der Waals surface area contributed by atoms with E-state index in [9.17, 15) is 5.26 Å². The molecule has 0 aliphatic carbocycles. The van der Waals surface area contributed by atoms with Crippen LogP contribution in [0.3, 0.4) is 0 Å². The maximum Gasteiger partial charge on any atom is 0.164 e. The highest BCUT2D eigenvalue weighted by Gasteiger charge is 2.27. The number of fused-ring (bicyclic) bond motifs is 6. The molecule has 84 heavy (non-hydrogen) atoms. The molecule has 0 saturated heterocycles. The fourth-order valence-corrected chi connectivity index (χ4v) is 13.1. The summed E-state index contributed by atoms with van der Waals surface area (Å²) in [6.45, 7) is 17.4. The summed E-state index contributed by atoms with van der Waals surface area (Å²) in [5, 5.41) is 15.9. The second-order valence-electron chi connectivity index (χ2n) is 23.1. The van der Waals surface area contributed by atoms with Crippen molar-refractivity contribution in [3.05, 3.63) is 275 Å². The van der Waals surface area contributed by atoms with Gasteiger partial charge in [-0.25, -0.2) is 9.97 Å². The number of hydrogen-bond donors (Lipinski definition) is 0. The lowest BCUT2D eigenvalue weighted by molar-refractivity contribution is 1.10. The van der Waals surface area contributed by atoms with Crippen LogP contribution in [0.5, 0.6) is 0 Å². The minimum absolute atomic E-state index is 0.508. The molecule has 5 heteroatoms. The number of benzene rings is 11. The topological polar surface area (TPSA) is 59.4 Å². The summed E-state index contributed by atoms with van der Waals surface area (Å²) in [4.78, 5) is 11.4. The van der Waals surface area contributed by atoms with Crippen molar-refractivity contribution in [1.29, 1.82) is 5.26 Å². The fraction of sp³-hybridized carbons (Fsp3) is 0.101. The molecule has 0 aliphatic heterocycles. The van der Waals surface area contributed by atoms with Gasteiger partial charge in [0, 0.05) is 32.7 Å². The Morgan fingerprint density at radius 1 is 0.310 bits per heavy atom. The van der Waals surface area contributed by atoms with Gasteiger partial charge in [-0.05, 0) is 189 Å². The van der Waals surface area contributed by atoms with Crippen molar-refractivity contribution in [3.8, 4) is 95.9 Å². The van der Waals surface area contributed by atoms with Crippen LogP contribution in [-0.2, 0) is 0 Å². The number of nitriles is 1. The molecule has 0 amide bonds. The molecule has 11 aromatic carbocycles. The van der Waals surface area contributed by atoms with Gasteiger partial charge in [-0.1, -0.05) is 180 Å². The van der Waals surface area contributed by atoms with Gasteiger partial charge in [0.1, 0.15) is 0 Å². The molecule has 0 fully saturated rings. The van der Waals surface area contributed by atoms with E-state index in [0.29, 0.717) is 11.4 Å². The lowest BCUT2D eigenvalue weighted by atomic mass is 9.95. The van der Waals surface area contributed by atoms with Gasteiger partial charge in [0.05, 0.1) is 62.0 Å². The number of nitrogens with zero attached hydrogens (tertiary/aromatic N) is 5. The second kappa shape index (κ2) is 20.5. The van der Waals surface area contributed by atoms with Gasteiger partial charge in [-0.2, -0.15) is 5.26 Å². The first kappa shape index (κ1) is 51.7. The molecule has 0 spiro atoms. The number of rotatable bonds is 9. The summed E-state index contributed by atoms with van der Waals surface area (Å²) in [5.74, 6) is 0.535. The first-order valence-corrected chi connectivity index (χ1v) is 28.9. The predicted octanol–water partition coefficient (Wildman–Crippen LogP) is 20.7. The van der Waals surface area contributed by atoms with Gasteiger partial charge in [0.2, 0.25) is 0 Å². The van der Waals surface area contributed by atoms with E-state index in [1.807, 2.05) is 12.1 Å². The van der Waals surface area contributed by atoms with Gasteiger partial charge in [0.25, 0.3) is 0 Å². The van der Waals surface area contributed by atoms with Crippen LogP contribution in [-0.4, -0.2) is 19.1 Å². The number of aromatic nitrogens is 4.